The summed E-state index contributed by atoms with van der Waals surface area (Å²) in [5, 5.41) is 16.0. The maximum absolute atomic E-state index is 13.0. The molecular formula is C20H26N4O3S. The average Bonchev–Trinajstić information content (AvgIpc) is 2.95. The molecule has 28 heavy (non-hydrogen) atoms. The first kappa shape index (κ1) is 20.3. The molecule has 0 bridgehead atoms. The SMILES string of the molecule is CCC(=O)Nc1ccc(O)c(C(=O)N2CCCN(Cc3csc(C)n3)CC2)c1. The number of aromatic nitrogens is 1. The molecule has 0 radical (unpaired) electrons. The van der Waals surface area contributed by atoms with Crippen LogP contribution in [0.3, 0.4) is 0 Å². The first-order valence-electron chi connectivity index (χ1n) is 9.51. The highest BCUT2D eigenvalue weighted by molar-refractivity contribution is 7.09. The van der Waals surface area contributed by atoms with Gasteiger partial charge in [0.1, 0.15) is 5.75 Å². The van der Waals surface area contributed by atoms with E-state index >= 15 is 0 Å². The van der Waals surface area contributed by atoms with Crippen LogP contribution < -0.4 is 5.32 Å². The van der Waals surface area contributed by atoms with Crippen molar-refractivity contribution in [3.63, 3.8) is 0 Å². The Hall–Kier alpha value is -2.45. The first-order chi connectivity index (χ1) is 13.5. The van der Waals surface area contributed by atoms with Crippen LogP contribution >= 0.6 is 11.3 Å². The number of rotatable bonds is 5. The van der Waals surface area contributed by atoms with Crippen molar-refractivity contribution in [3.8, 4) is 5.75 Å². The smallest absolute Gasteiger partial charge is 0.257 e. The second-order valence-electron chi connectivity index (χ2n) is 6.91. The molecule has 1 aromatic carbocycles. The third-order valence-electron chi connectivity index (χ3n) is 4.76. The number of aromatic hydroxyl groups is 1. The van der Waals surface area contributed by atoms with Gasteiger partial charge in [-0.1, -0.05) is 6.92 Å². The predicted octanol–water partition coefficient (Wildman–Crippen LogP) is 2.85. The van der Waals surface area contributed by atoms with Crippen molar-refractivity contribution in [3.05, 3.63) is 39.8 Å². The van der Waals surface area contributed by atoms with E-state index in [-0.39, 0.29) is 23.1 Å². The number of hydrogen-bond donors (Lipinski definition) is 2. The molecule has 1 aliphatic heterocycles. The molecule has 0 atom stereocenters. The summed E-state index contributed by atoms with van der Waals surface area (Å²) in [6, 6.07) is 4.60. The summed E-state index contributed by atoms with van der Waals surface area (Å²) < 4.78 is 0. The summed E-state index contributed by atoms with van der Waals surface area (Å²) in [6.45, 7) is 7.44. The van der Waals surface area contributed by atoms with Gasteiger partial charge in [-0.25, -0.2) is 4.98 Å². The van der Waals surface area contributed by atoms with E-state index in [0.717, 1.165) is 36.8 Å². The number of nitrogens with one attached hydrogen (secondary N) is 1. The van der Waals surface area contributed by atoms with Crippen LogP contribution in [0.15, 0.2) is 23.6 Å². The lowest BCUT2D eigenvalue weighted by atomic mass is 10.1. The zero-order chi connectivity index (χ0) is 20.1. The van der Waals surface area contributed by atoms with Crippen molar-refractivity contribution >= 4 is 28.8 Å². The Bertz CT molecular complexity index is 852. The van der Waals surface area contributed by atoms with Crippen molar-refractivity contribution in [2.75, 3.05) is 31.5 Å². The highest BCUT2D eigenvalue weighted by Crippen LogP contribution is 2.24. The summed E-state index contributed by atoms with van der Waals surface area (Å²) in [5.74, 6) is -0.415. The second-order valence-corrected chi connectivity index (χ2v) is 7.98. The number of phenols is 1. The molecule has 1 saturated heterocycles. The number of carbonyl (C=O) groups excluding carboxylic acids is 2. The minimum absolute atomic E-state index is 0.0708. The fraction of sp³-hybridized carbons (Fsp3) is 0.450. The quantitative estimate of drug-likeness (QED) is 0.751. The predicted molar refractivity (Wildman–Crippen MR) is 110 cm³/mol. The van der Waals surface area contributed by atoms with Crippen LogP contribution in [-0.4, -0.2) is 57.9 Å². The van der Waals surface area contributed by atoms with E-state index in [9.17, 15) is 14.7 Å². The summed E-state index contributed by atoms with van der Waals surface area (Å²) in [6.07, 6.45) is 1.21. The van der Waals surface area contributed by atoms with Gasteiger partial charge in [0.05, 0.1) is 16.3 Å². The van der Waals surface area contributed by atoms with Gasteiger partial charge in [0.2, 0.25) is 5.91 Å². The zero-order valence-corrected chi connectivity index (χ0v) is 17.1. The lowest BCUT2D eigenvalue weighted by Crippen LogP contribution is -2.35. The number of nitrogens with zero attached hydrogens (tertiary/aromatic N) is 3. The maximum atomic E-state index is 13.0. The van der Waals surface area contributed by atoms with E-state index in [1.54, 1.807) is 35.3 Å². The summed E-state index contributed by atoms with van der Waals surface area (Å²) in [5.41, 5.74) is 1.81. The summed E-state index contributed by atoms with van der Waals surface area (Å²) in [7, 11) is 0. The van der Waals surface area contributed by atoms with Gasteiger partial charge in [0.25, 0.3) is 5.91 Å². The number of amides is 2. The van der Waals surface area contributed by atoms with Gasteiger partial charge in [-0.05, 0) is 31.5 Å². The van der Waals surface area contributed by atoms with Crippen LogP contribution in [0.1, 0.15) is 40.8 Å². The van der Waals surface area contributed by atoms with E-state index in [2.05, 4.69) is 20.6 Å². The van der Waals surface area contributed by atoms with Crippen molar-refractivity contribution in [2.24, 2.45) is 0 Å². The monoisotopic (exact) mass is 402 g/mol. The number of aryl methyl sites for hydroxylation is 1. The molecule has 2 aromatic rings. The van der Waals surface area contributed by atoms with Crippen LogP contribution in [-0.2, 0) is 11.3 Å². The largest absolute Gasteiger partial charge is 0.507 e. The van der Waals surface area contributed by atoms with Crippen molar-refractivity contribution in [1.82, 2.24) is 14.8 Å². The second kappa shape index (κ2) is 9.16. The van der Waals surface area contributed by atoms with Crippen molar-refractivity contribution < 1.29 is 14.7 Å². The fourth-order valence-corrected chi connectivity index (χ4v) is 3.85. The minimum atomic E-state index is -0.212. The highest BCUT2D eigenvalue weighted by atomic mass is 32.1. The van der Waals surface area contributed by atoms with Crippen LogP contribution in [0.25, 0.3) is 0 Å². The van der Waals surface area contributed by atoms with E-state index in [1.807, 2.05) is 6.92 Å². The van der Waals surface area contributed by atoms with Gasteiger partial charge in [-0.3, -0.25) is 14.5 Å². The number of benzene rings is 1. The Labute approximate surface area is 169 Å². The molecular weight excluding hydrogens is 376 g/mol. The van der Waals surface area contributed by atoms with Gasteiger partial charge in [-0.2, -0.15) is 0 Å². The topological polar surface area (TPSA) is 85.8 Å². The third-order valence-corrected chi connectivity index (χ3v) is 5.58. The van der Waals surface area contributed by atoms with Crippen molar-refractivity contribution in [2.45, 2.75) is 33.2 Å². The number of phenolic OH excluding ortho intramolecular Hbond substituents is 1. The molecule has 150 valence electrons. The molecule has 0 saturated carbocycles. The van der Waals surface area contributed by atoms with E-state index in [1.165, 1.54) is 6.07 Å². The zero-order valence-electron chi connectivity index (χ0n) is 16.3. The highest BCUT2D eigenvalue weighted by Gasteiger charge is 2.23. The van der Waals surface area contributed by atoms with Gasteiger partial charge in [0.15, 0.2) is 0 Å². The molecule has 1 fully saturated rings. The Morgan fingerprint density at radius 3 is 2.79 bits per heavy atom. The van der Waals surface area contributed by atoms with Gasteiger partial charge in [0, 0.05) is 50.2 Å². The van der Waals surface area contributed by atoms with E-state index < -0.39 is 0 Å². The first-order valence-corrected chi connectivity index (χ1v) is 10.4. The molecule has 3 rings (SSSR count). The van der Waals surface area contributed by atoms with E-state index in [0.29, 0.717) is 25.2 Å². The molecule has 1 aromatic heterocycles. The molecule has 0 aliphatic carbocycles. The maximum Gasteiger partial charge on any atom is 0.257 e. The van der Waals surface area contributed by atoms with Crippen LogP contribution in [0.4, 0.5) is 5.69 Å². The molecule has 0 unspecified atom stereocenters. The lowest BCUT2D eigenvalue weighted by molar-refractivity contribution is -0.115. The normalized spacial score (nSPS) is 15.3. The number of anilines is 1. The van der Waals surface area contributed by atoms with Gasteiger partial charge < -0.3 is 15.3 Å². The summed E-state index contributed by atoms with van der Waals surface area (Å²) >= 11 is 1.65. The third kappa shape index (κ3) is 5.08. The molecule has 2 heterocycles. The average molecular weight is 403 g/mol. The minimum Gasteiger partial charge on any atom is -0.507 e. The van der Waals surface area contributed by atoms with E-state index in [4.69, 9.17) is 0 Å². The van der Waals surface area contributed by atoms with Crippen LogP contribution in [0.5, 0.6) is 5.75 Å². The number of carbonyl (C=O) groups is 2. The van der Waals surface area contributed by atoms with Crippen LogP contribution in [0.2, 0.25) is 0 Å². The number of thiazole rings is 1. The standard InChI is InChI=1S/C20H26N4O3S/c1-3-19(26)22-15-5-6-18(25)17(11-15)20(27)24-8-4-7-23(9-10-24)12-16-13-28-14(2)21-16/h5-6,11,13,25H,3-4,7-10,12H2,1-2H3,(H,22,26). The molecule has 2 amide bonds. The van der Waals surface area contributed by atoms with Crippen LogP contribution in [0, 0.1) is 6.92 Å². The lowest BCUT2D eigenvalue weighted by Gasteiger charge is -2.22. The Kier molecular flexibility index (Phi) is 6.64. The Morgan fingerprint density at radius 2 is 2.07 bits per heavy atom. The molecule has 7 nitrogen and oxygen atoms in total. The van der Waals surface area contributed by atoms with Crippen molar-refractivity contribution in [1.29, 1.82) is 0 Å². The van der Waals surface area contributed by atoms with Gasteiger partial charge >= 0.3 is 0 Å². The van der Waals surface area contributed by atoms with Gasteiger partial charge in [-0.15, -0.1) is 11.3 Å². The molecule has 1 aliphatic rings. The fourth-order valence-electron chi connectivity index (χ4n) is 3.25. The Balaban J connectivity index is 1.65. The number of hydrogen-bond acceptors (Lipinski definition) is 6. The molecule has 8 heteroatoms. The molecule has 2 N–H and O–H groups in total. The Morgan fingerprint density at radius 1 is 1.25 bits per heavy atom. The molecule has 0 spiro atoms. The summed E-state index contributed by atoms with van der Waals surface area (Å²) in [4.78, 5) is 33.2.